The molecule has 5 rings (SSSR count). The van der Waals surface area contributed by atoms with Crippen LogP contribution in [0.1, 0.15) is 5.56 Å². The summed E-state index contributed by atoms with van der Waals surface area (Å²) in [5, 5.41) is 4.47. The van der Waals surface area contributed by atoms with Crippen LogP contribution in [0.4, 0.5) is 21.9 Å². The van der Waals surface area contributed by atoms with Gasteiger partial charge in [-0.1, -0.05) is 59.1 Å². The summed E-state index contributed by atoms with van der Waals surface area (Å²) in [5.41, 5.74) is 5.16. The monoisotopic (exact) mass is 500 g/mol. The summed E-state index contributed by atoms with van der Waals surface area (Å²) >= 11 is 19.7. The quantitative estimate of drug-likeness (QED) is 0.450. The number of urea groups is 1. The van der Waals surface area contributed by atoms with Crippen molar-refractivity contribution in [3.63, 3.8) is 0 Å². The van der Waals surface area contributed by atoms with Crippen LogP contribution in [0.25, 0.3) is 11.1 Å². The molecule has 0 radical (unpaired) electrons. The molecule has 0 unspecified atom stereocenters. The fraction of sp³-hybridized carbons (Fsp3) is 0.240. The van der Waals surface area contributed by atoms with Crippen LogP contribution in [-0.4, -0.2) is 44.2 Å². The van der Waals surface area contributed by atoms with Crippen molar-refractivity contribution in [3.05, 3.63) is 75.2 Å². The van der Waals surface area contributed by atoms with E-state index in [2.05, 4.69) is 34.3 Å². The van der Waals surface area contributed by atoms with Crippen LogP contribution in [0.5, 0.6) is 0 Å². The average molecular weight is 502 g/mol. The van der Waals surface area contributed by atoms with Crippen molar-refractivity contribution in [3.8, 4) is 11.1 Å². The van der Waals surface area contributed by atoms with Crippen LogP contribution < -0.4 is 15.1 Å². The lowest BCUT2D eigenvalue weighted by molar-refractivity contribution is 0.247. The van der Waals surface area contributed by atoms with Gasteiger partial charge in [-0.15, -0.1) is 0 Å². The van der Waals surface area contributed by atoms with E-state index in [1.807, 2.05) is 24.3 Å². The molecule has 1 fully saturated rings. The minimum atomic E-state index is -0.266. The van der Waals surface area contributed by atoms with E-state index in [0.717, 1.165) is 54.2 Å². The molecule has 0 aromatic heterocycles. The number of nitrogens with zero attached hydrogens (tertiary/aromatic N) is 3. The van der Waals surface area contributed by atoms with Crippen molar-refractivity contribution in [2.75, 3.05) is 43.0 Å². The normalized spacial score (nSPS) is 16.5. The molecule has 33 heavy (non-hydrogen) atoms. The molecule has 0 atom stereocenters. The fourth-order valence-corrected chi connectivity index (χ4v) is 5.28. The van der Waals surface area contributed by atoms with Crippen LogP contribution in [-0.2, 0) is 6.54 Å². The Bertz CT molecular complexity index is 1200. The summed E-state index contributed by atoms with van der Waals surface area (Å²) in [6.45, 7) is 4.13. The molecular weight excluding hydrogens is 479 g/mol. The molecule has 0 bridgehead atoms. The zero-order chi connectivity index (χ0) is 23.1. The second kappa shape index (κ2) is 9.07. The zero-order valence-electron chi connectivity index (χ0n) is 18.1. The number of benzene rings is 3. The lowest BCUT2D eigenvalue weighted by Gasteiger charge is -2.37. The predicted molar refractivity (Wildman–Crippen MR) is 137 cm³/mol. The molecule has 2 heterocycles. The minimum Gasteiger partial charge on any atom is -0.369 e. The number of halogens is 3. The number of rotatable bonds is 3. The number of amides is 2. The first-order chi connectivity index (χ1) is 15.9. The summed E-state index contributed by atoms with van der Waals surface area (Å²) in [6.07, 6.45) is 0. The molecule has 8 heteroatoms. The number of para-hydroxylation sites is 1. The Balaban J connectivity index is 1.74. The first kappa shape index (κ1) is 22.4. The van der Waals surface area contributed by atoms with E-state index in [4.69, 9.17) is 34.8 Å². The maximum absolute atomic E-state index is 13.2. The fourth-order valence-electron chi connectivity index (χ4n) is 4.47. The molecule has 2 aliphatic heterocycles. The zero-order valence-corrected chi connectivity index (χ0v) is 20.4. The summed E-state index contributed by atoms with van der Waals surface area (Å²) in [6, 6.07) is 17.0. The van der Waals surface area contributed by atoms with Crippen molar-refractivity contribution in [1.82, 2.24) is 10.2 Å². The Morgan fingerprint density at radius 3 is 2.18 bits per heavy atom. The van der Waals surface area contributed by atoms with Crippen molar-refractivity contribution in [2.24, 2.45) is 0 Å². The Morgan fingerprint density at radius 1 is 0.818 bits per heavy atom. The van der Waals surface area contributed by atoms with Gasteiger partial charge in [0.05, 0.1) is 21.4 Å². The number of carbonyl (C=O) groups excluding carboxylic acids is 1. The molecule has 3 aromatic rings. The number of hydrogen-bond donors (Lipinski definition) is 1. The van der Waals surface area contributed by atoms with Gasteiger partial charge < -0.3 is 15.1 Å². The number of nitrogens with one attached hydrogen (secondary N) is 1. The molecule has 2 amide bonds. The molecule has 1 N–H and O–H groups in total. The van der Waals surface area contributed by atoms with Gasteiger partial charge >= 0.3 is 6.03 Å². The highest BCUT2D eigenvalue weighted by Gasteiger charge is 2.32. The SMILES string of the molecule is CN1CCN(c2cc(-c3ccccc3Cl)c3c(c2)N(c2c(Cl)cccc2Cl)C(=O)NC3)CC1. The van der Waals surface area contributed by atoms with E-state index in [-0.39, 0.29) is 6.03 Å². The maximum Gasteiger partial charge on any atom is 0.326 e. The Kier molecular flexibility index (Phi) is 6.14. The smallest absolute Gasteiger partial charge is 0.326 e. The van der Waals surface area contributed by atoms with Gasteiger partial charge in [-0.3, -0.25) is 4.90 Å². The third-order valence-corrected chi connectivity index (χ3v) is 7.20. The molecule has 3 aromatic carbocycles. The van der Waals surface area contributed by atoms with E-state index in [9.17, 15) is 4.79 Å². The van der Waals surface area contributed by atoms with Crippen LogP contribution in [0, 0.1) is 0 Å². The summed E-state index contributed by atoms with van der Waals surface area (Å²) in [7, 11) is 2.13. The first-order valence-corrected chi connectivity index (χ1v) is 11.9. The molecule has 5 nitrogen and oxygen atoms in total. The predicted octanol–water partition coefficient (Wildman–Crippen LogP) is 6.43. The Morgan fingerprint density at radius 2 is 1.48 bits per heavy atom. The number of likely N-dealkylation sites (N-methyl/N-ethyl adjacent to an activating group) is 1. The molecule has 170 valence electrons. The molecule has 1 saturated heterocycles. The van der Waals surface area contributed by atoms with Gasteiger partial charge in [0.2, 0.25) is 0 Å². The summed E-state index contributed by atoms with van der Waals surface area (Å²) in [4.78, 5) is 19.4. The van der Waals surface area contributed by atoms with Crippen molar-refractivity contribution in [1.29, 1.82) is 0 Å². The highest BCUT2D eigenvalue weighted by atomic mass is 35.5. The topological polar surface area (TPSA) is 38.8 Å². The van der Waals surface area contributed by atoms with E-state index in [1.54, 1.807) is 23.1 Å². The van der Waals surface area contributed by atoms with Crippen LogP contribution in [0.2, 0.25) is 15.1 Å². The van der Waals surface area contributed by atoms with Gasteiger partial charge in [-0.25, -0.2) is 4.79 Å². The van der Waals surface area contributed by atoms with Crippen molar-refractivity contribution < 1.29 is 4.79 Å². The average Bonchev–Trinajstić information content (AvgIpc) is 2.80. The van der Waals surface area contributed by atoms with E-state index in [0.29, 0.717) is 27.3 Å². The third-order valence-electron chi connectivity index (χ3n) is 6.27. The van der Waals surface area contributed by atoms with Crippen molar-refractivity contribution in [2.45, 2.75) is 6.54 Å². The van der Waals surface area contributed by atoms with Gasteiger partial charge in [-0.05, 0) is 42.9 Å². The molecule has 0 aliphatic carbocycles. The second-order valence-electron chi connectivity index (χ2n) is 8.33. The van der Waals surface area contributed by atoms with Gasteiger partial charge in [0.1, 0.15) is 0 Å². The number of piperazine rings is 1. The molecule has 2 aliphatic rings. The number of carbonyl (C=O) groups is 1. The number of hydrogen-bond acceptors (Lipinski definition) is 3. The van der Waals surface area contributed by atoms with E-state index in [1.165, 1.54) is 0 Å². The molecule has 0 saturated carbocycles. The van der Waals surface area contributed by atoms with Gasteiger partial charge in [-0.2, -0.15) is 0 Å². The van der Waals surface area contributed by atoms with Crippen LogP contribution in [0.15, 0.2) is 54.6 Å². The largest absolute Gasteiger partial charge is 0.369 e. The van der Waals surface area contributed by atoms with Crippen LogP contribution >= 0.6 is 34.8 Å². The van der Waals surface area contributed by atoms with Gasteiger partial charge in [0.15, 0.2) is 0 Å². The molecular formula is C25H23Cl3N4O. The van der Waals surface area contributed by atoms with Crippen LogP contribution in [0.3, 0.4) is 0 Å². The lowest BCUT2D eigenvalue weighted by Crippen LogP contribution is -2.45. The Hall–Kier alpha value is -2.44. The van der Waals surface area contributed by atoms with E-state index >= 15 is 0 Å². The third kappa shape index (κ3) is 4.15. The minimum absolute atomic E-state index is 0.266. The van der Waals surface area contributed by atoms with E-state index < -0.39 is 0 Å². The number of fused-ring (bicyclic) bond motifs is 1. The first-order valence-electron chi connectivity index (χ1n) is 10.8. The molecule has 0 spiro atoms. The highest BCUT2D eigenvalue weighted by molar-refractivity contribution is 6.40. The standard InChI is InChI=1S/C25H23Cl3N4O/c1-30-9-11-31(12-10-30)16-13-18(17-5-2-3-6-20(17)26)19-15-29-25(33)32(23(19)14-16)24-21(27)7-4-8-22(24)28/h2-8,13-14H,9-12,15H2,1H3,(H,29,33). The summed E-state index contributed by atoms with van der Waals surface area (Å²) in [5.74, 6) is 0. The summed E-state index contributed by atoms with van der Waals surface area (Å²) < 4.78 is 0. The number of anilines is 3. The van der Waals surface area contributed by atoms with Gasteiger partial charge in [0, 0.05) is 54.6 Å². The highest BCUT2D eigenvalue weighted by Crippen LogP contribution is 2.46. The second-order valence-corrected chi connectivity index (χ2v) is 9.55. The lowest BCUT2D eigenvalue weighted by atomic mass is 9.94. The Labute approximate surface area is 208 Å². The maximum atomic E-state index is 13.2. The van der Waals surface area contributed by atoms with Gasteiger partial charge in [0.25, 0.3) is 0 Å². The van der Waals surface area contributed by atoms with Crippen molar-refractivity contribution >= 4 is 57.9 Å².